The number of aryl methyl sites for hydroxylation is 1. The highest BCUT2D eigenvalue weighted by molar-refractivity contribution is 5.95. The predicted octanol–water partition coefficient (Wildman–Crippen LogP) is 3.51. The van der Waals surface area contributed by atoms with Crippen molar-refractivity contribution >= 4 is 17.0 Å². The molecule has 1 N–H and O–H groups in total. The second kappa shape index (κ2) is 8.68. The zero-order chi connectivity index (χ0) is 19.2. The van der Waals surface area contributed by atoms with Crippen LogP contribution in [-0.2, 0) is 16.5 Å². The van der Waals surface area contributed by atoms with Gasteiger partial charge in [-0.15, -0.1) is 0 Å². The minimum Gasteiger partial charge on any atom is -0.462 e. The predicted molar refractivity (Wildman–Crippen MR) is 105 cm³/mol. The summed E-state index contributed by atoms with van der Waals surface area (Å²) in [5.74, 6) is -0.349. The number of hydrogen-bond donors (Lipinski definition) is 1. The number of rotatable bonds is 3. The van der Waals surface area contributed by atoms with E-state index < -0.39 is 0 Å². The van der Waals surface area contributed by atoms with Crippen molar-refractivity contribution in [3.05, 3.63) is 58.5 Å². The molecule has 0 radical (unpaired) electrons. The zero-order valence-corrected chi connectivity index (χ0v) is 15.7. The maximum Gasteiger partial charge on any atom is 0.338 e. The quantitative estimate of drug-likeness (QED) is 0.718. The molecule has 4 rings (SSSR count). The molecule has 0 spiro atoms. The van der Waals surface area contributed by atoms with Gasteiger partial charge in [-0.3, -0.25) is 4.57 Å². The van der Waals surface area contributed by atoms with Crippen LogP contribution >= 0.6 is 0 Å². The molecule has 0 unspecified atom stereocenters. The number of ether oxygens (including phenoxy) is 2. The Morgan fingerprint density at radius 3 is 2.59 bits per heavy atom. The van der Waals surface area contributed by atoms with E-state index in [0.29, 0.717) is 12.2 Å². The minimum atomic E-state index is -0.349. The molecule has 3 aromatic rings. The average Bonchev–Trinajstić information content (AvgIpc) is 3.35. The fourth-order valence-electron chi connectivity index (χ4n) is 3.03. The Hall–Kier alpha value is -2.86. The lowest BCUT2D eigenvalue weighted by atomic mass is 10.0. The fourth-order valence-corrected chi connectivity index (χ4v) is 3.03. The third-order valence-corrected chi connectivity index (χ3v) is 4.45. The first-order chi connectivity index (χ1) is 13.1. The summed E-state index contributed by atoms with van der Waals surface area (Å²) in [5.41, 5.74) is 3.65. The molecule has 0 bridgehead atoms. The Morgan fingerprint density at radius 2 is 1.93 bits per heavy atom. The lowest BCUT2D eigenvalue weighted by Crippen LogP contribution is -2.11. The van der Waals surface area contributed by atoms with Crippen LogP contribution in [0, 0.1) is 0 Å². The van der Waals surface area contributed by atoms with Gasteiger partial charge in [0.15, 0.2) is 0 Å². The van der Waals surface area contributed by atoms with Crippen LogP contribution in [0.4, 0.5) is 0 Å². The molecule has 1 fully saturated rings. The number of carbonyl (C=O) groups excluding carboxylic acids is 1. The standard InChI is InChI=1S/C17H16N2O3.C4H8O/c1-3-22-16(20)12-7-4-6-11(10-12)13-8-5-9-14-15(13)18-17(21)19(14)2;1-2-4-5-3-1/h4-10H,3H2,1-2H3,(H,18,21);1-4H2. The molecule has 2 heterocycles. The summed E-state index contributed by atoms with van der Waals surface area (Å²) in [4.78, 5) is 26.5. The highest BCUT2D eigenvalue weighted by atomic mass is 16.5. The van der Waals surface area contributed by atoms with Gasteiger partial charge in [-0.1, -0.05) is 24.3 Å². The van der Waals surface area contributed by atoms with Crippen LogP contribution in [0.5, 0.6) is 0 Å². The van der Waals surface area contributed by atoms with Gasteiger partial charge in [-0.2, -0.15) is 0 Å². The van der Waals surface area contributed by atoms with Crippen molar-refractivity contribution in [2.45, 2.75) is 19.8 Å². The maximum atomic E-state index is 11.9. The zero-order valence-electron chi connectivity index (χ0n) is 15.7. The van der Waals surface area contributed by atoms with Crippen LogP contribution in [0.2, 0.25) is 0 Å². The van der Waals surface area contributed by atoms with Crippen LogP contribution in [0.25, 0.3) is 22.2 Å². The van der Waals surface area contributed by atoms with Gasteiger partial charge in [0.2, 0.25) is 0 Å². The molecule has 1 saturated heterocycles. The summed E-state index contributed by atoms with van der Waals surface area (Å²) >= 11 is 0. The van der Waals surface area contributed by atoms with E-state index >= 15 is 0 Å². The summed E-state index contributed by atoms with van der Waals surface area (Å²) < 4.78 is 11.5. The molecular weight excluding hydrogens is 344 g/mol. The summed E-state index contributed by atoms with van der Waals surface area (Å²) in [6.45, 7) is 4.11. The molecule has 6 nitrogen and oxygen atoms in total. The molecule has 6 heteroatoms. The van der Waals surface area contributed by atoms with Crippen LogP contribution in [0.3, 0.4) is 0 Å². The molecule has 2 aromatic carbocycles. The lowest BCUT2D eigenvalue weighted by Gasteiger charge is -2.06. The monoisotopic (exact) mass is 368 g/mol. The van der Waals surface area contributed by atoms with Crippen molar-refractivity contribution in [3.63, 3.8) is 0 Å². The van der Waals surface area contributed by atoms with E-state index in [1.165, 1.54) is 12.8 Å². The number of fused-ring (bicyclic) bond motifs is 1. The van der Waals surface area contributed by atoms with Crippen molar-refractivity contribution in [2.24, 2.45) is 7.05 Å². The topological polar surface area (TPSA) is 73.3 Å². The largest absolute Gasteiger partial charge is 0.462 e. The highest BCUT2D eigenvalue weighted by Gasteiger charge is 2.12. The van der Waals surface area contributed by atoms with Gasteiger partial charge in [0.05, 0.1) is 23.2 Å². The number of benzene rings is 2. The number of carbonyl (C=O) groups is 1. The Kier molecular flexibility index (Phi) is 6.08. The van der Waals surface area contributed by atoms with Gasteiger partial charge < -0.3 is 14.5 Å². The average molecular weight is 368 g/mol. The van der Waals surface area contributed by atoms with Gasteiger partial charge in [0, 0.05) is 25.8 Å². The SMILES string of the molecule is C1CCOC1.CCOC(=O)c1cccc(-c2cccc3c2[nH]c(=O)n3C)c1. The number of esters is 1. The first kappa shape index (κ1) is 18.9. The van der Waals surface area contributed by atoms with E-state index in [9.17, 15) is 9.59 Å². The molecule has 0 saturated carbocycles. The van der Waals surface area contributed by atoms with Crippen LogP contribution < -0.4 is 5.69 Å². The number of nitrogens with one attached hydrogen (secondary N) is 1. The first-order valence-electron chi connectivity index (χ1n) is 9.15. The molecule has 1 aliphatic heterocycles. The van der Waals surface area contributed by atoms with E-state index in [0.717, 1.165) is 35.4 Å². The molecule has 0 amide bonds. The summed E-state index contributed by atoms with van der Waals surface area (Å²) in [7, 11) is 1.72. The Bertz CT molecular complexity index is 976. The third-order valence-electron chi connectivity index (χ3n) is 4.45. The summed E-state index contributed by atoms with van der Waals surface area (Å²) in [6, 6.07) is 12.9. The molecule has 1 aliphatic rings. The third kappa shape index (κ3) is 4.28. The van der Waals surface area contributed by atoms with Crippen molar-refractivity contribution < 1.29 is 14.3 Å². The van der Waals surface area contributed by atoms with Crippen molar-refractivity contribution in [1.29, 1.82) is 0 Å². The van der Waals surface area contributed by atoms with Crippen LogP contribution in [0.15, 0.2) is 47.3 Å². The highest BCUT2D eigenvalue weighted by Crippen LogP contribution is 2.27. The number of H-pyrrole nitrogens is 1. The second-order valence-corrected chi connectivity index (χ2v) is 6.31. The number of imidazole rings is 1. The molecule has 142 valence electrons. The molecule has 0 atom stereocenters. The number of aromatic amines is 1. The Morgan fingerprint density at radius 1 is 1.19 bits per heavy atom. The molecule has 0 aliphatic carbocycles. The number of hydrogen-bond acceptors (Lipinski definition) is 4. The van der Waals surface area contributed by atoms with E-state index in [1.54, 1.807) is 30.7 Å². The number of para-hydroxylation sites is 1. The van der Waals surface area contributed by atoms with E-state index in [-0.39, 0.29) is 11.7 Å². The smallest absolute Gasteiger partial charge is 0.338 e. The van der Waals surface area contributed by atoms with Gasteiger partial charge >= 0.3 is 11.7 Å². The normalized spacial score (nSPS) is 13.3. The maximum absolute atomic E-state index is 11.9. The van der Waals surface area contributed by atoms with Gasteiger partial charge in [-0.25, -0.2) is 9.59 Å². The second-order valence-electron chi connectivity index (χ2n) is 6.31. The molecular formula is C21H24N2O4. The Balaban J connectivity index is 0.000000364. The minimum absolute atomic E-state index is 0.163. The summed E-state index contributed by atoms with van der Waals surface area (Å²) in [5, 5.41) is 0. The van der Waals surface area contributed by atoms with Crippen molar-refractivity contribution in [2.75, 3.05) is 19.8 Å². The van der Waals surface area contributed by atoms with Crippen molar-refractivity contribution in [3.8, 4) is 11.1 Å². The van der Waals surface area contributed by atoms with Gasteiger partial charge in [0.1, 0.15) is 0 Å². The van der Waals surface area contributed by atoms with E-state index in [1.807, 2.05) is 30.3 Å². The van der Waals surface area contributed by atoms with E-state index in [2.05, 4.69) is 4.98 Å². The number of aromatic nitrogens is 2. The number of nitrogens with zero attached hydrogens (tertiary/aromatic N) is 1. The Labute approximate surface area is 157 Å². The molecule has 27 heavy (non-hydrogen) atoms. The van der Waals surface area contributed by atoms with E-state index in [4.69, 9.17) is 9.47 Å². The summed E-state index contributed by atoms with van der Waals surface area (Å²) in [6.07, 6.45) is 2.56. The molecule has 1 aromatic heterocycles. The van der Waals surface area contributed by atoms with Crippen LogP contribution in [-0.4, -0.2) is 35.3 Å². The fraction of sp³-hybridized carbons (Fsp3) is 0.333. The van der Waals surface area contributed by atoms with Gasteiger partial charge in [-0.05, 0) is 43.5 Å². The van der Waals surface area contributed by atoms with Gasteiger partial charge in [0.25, 0.3) is 0 Å². The van der Waals surface area contributed by atoms with Crippen molar-refractivity contribution in [1.82, 2.24) is 9.55 Å². The van der Waals surface area contributed by atoms with Crippen LogP contribution in [0.1, 0.15) is 30.1 Å². The first-order valence-corrected chi connectivity index (χ1v) is 9.15. The lowest BCUT2D eigenvalue weighted by molar-refractivity contribution is 0.0526.